The van der Waals surface area contributed by atoms with Gasteiger partial charge in [0.25, 0.3) is 0 Å². The average Bonchev–Trinajstić information content (AvgIpc) is 3.29. The van der Waals surface area contributed by atoms with Gasteiger partial charge in [0, 0.05) is 41.9 Å². The van der Waals surface area contributed by atoms with Crippen LogP contribution in [0.1, 0.15) is 61.9 Å². The number of methoxy groups -OCH3 is 1. The number of carbonyl (C=O) groups is 1. The van der Waals surface area contributed by atoms with Gasteiger partial charge in [-0.3, -0.25) is 4.90 Å². The third kappa shape index (κ3) is 8.42. The van der Waals surface area contributed by atoms with Crippen LogP contribution in [0.25, 0.3) is 16.2 Å². The number of nitrogens with zero attached hydrogens (tertiary/aromatic N) is 2. The Morgan fingerprint density at radius 2 is 1.82 bits per heavy atom. The summed E-state index contributed by atoms with van der Waals surface area (Å²) in [5.41, 5.74) is 4.25. The molecule has 2 aromatic carbocycles. The molecule has 0 aliphatic carbocycles. The molecule has 1 aromatic heterocycles. The molecule has 9 heteroatoms. The number of amides is 1. The number of hydrogen-bond acceptors (Lipinski definition) is 4. The SMILES string of the molecule is CCOC(=O)N1CCc2c([nH]c3ccc(Cl)cc23)C1c1ccc(OCCCCCC[N-]CCCOC)cc1.[Li+]. The molecular formula is C30H39ClLiN3O4. The summed E-state index contributed by atoms with van der Waals surface area (Å²) in [5, 5.41) is 6.34. The molecule has 1 atom stereocenters. The Labute approximate surface area is 249 Å². The van der Waals surface area contributed by atoms with Gasteiger partial charge in [0.1, 0.15) is 11.8 Å². The van der Waals surface area contributed by atoms with Crippen LogP contribution in [0.15, 0.2) is 42.5 Å². The molecule has 2 heterocycles. The van der Waals surface area contributed by atoms with Gasteiger partial charge < -0.3 is 24.5 Å². The predicted molar refractivity (Wildman–Crippen MR) is 153 cm³/mol. The standard InChI is InChI=1S/C30H39ClN3O4.Li/c1-3-37-30(35)34-18-15-25-26-21-23(31)11-14-27(26)33-28(25)29(34)22-9-12-24(13-10-22)38-20-7-5-4-6-16-32-17-8-19-36-2;/h9-14,21,29,33H,3-8,15-20H2,1-2H3;/q-1;+1. The second-order valence-corrected chi connectivity index (χ2v) is 10.0. The molecule has 1 aliphatic rings. The van der Waals surface area contributed by atoms with E-state index in [1.165, 1.54) is 12.0 Å². The van der Waals surface area contributed by atoms with Crippen LogP contribution in [-0.2, 0) is 15.9 Å². The second kappa shape index (κ2) is 16.2. The number of aromatic amines is 1. The molecule has 0 fully saturated rings. The molecule has 0 spiro atoms. The Bertz CT molecular complexity index is 1170. The minimum atomic E-state index is -0.303. The molecule has 0 radical (unpaired) electrons. The van der Waals surface area contributed by atoms with Crippen molar-refractivity contribution in [1.82, 2.24) is 9.88 Å². The molecule has 7 nitrogen and oxygen atoms in total. The van der Waals surface area contributed by atoms with E-state index >= 15 is 0 Å². The number of ether oxygens (including phenoxy) is 3. The fourth-order valence-corrected chi connectivity index (χ4v) is 5.23. The first-order valence-corrected chi connectivity index (χ1v) is 14.1. The number of carbonyl (C=O) groups excluding carboxylic acids is 1. The Hall–Kier alpha value is -2.14. The maximum absolute atomic E-state index is 12.9. The van der Waals surface area contributed by atoms with Crippen molar-refractivity contribution in [1.29, 1.82) is 0 Å². The molecule has 0 saturated heterocycles. The van der Waals surface area contributed by atoms with Crippen LogP contribution in [0.4, 0.5) is 4.79 Å². The molecule has 1 amide bonds. The normalized spacial score (nSPS) is 14.6. The largest absolute Gasteiger partial charge is 1.00 e. The van der Waals surface area contributed by atoms with Gasteiger partial charge in [-0.25, -0.2) is 4.79 Å². The van der Waals surface area contributed by atoms with Crippen LogP contribution < -0.4 is 23.6 Å². The fourth-order valence-electron chi connectivity index (χ4n) is 5.06. The zero-order chi connectivity index (χ0) is 26.7. The minimum absolute atomic E-state index is 0. The smallest absolute Gasteiger partial charge is 0.662 e. The van der Waals surface area contributed by atoms with Crippen LogP contribution >= 0.6 is 11.6 Å². The average molecular weight is 548 g/mol. The van der Waals surface area contributed by atoms with E-state index in [1.807, 2.05) is 54.3 Å². The van der Waals surface area contributed by atoms with Gasteiger partial charge in [-0.15, -0.1) is 13.1 Å². The number of nitrogens with one attached hydrogen (secondary N) is 1. The summed E-state index contributed by atoms with van der Waals surface area (Å²) in [7, 11) is 1.73. The summed E-state index contributed by atoms with van der Waals surface area (Å²) < 4.78 is 16.4. The third-order valence-corrected chi connectivity index (χ3v) is 7.17. The van der Waals surface area contributed by atoms with E-state index in [9.17, 15) is 4.79 Å². The van der Waals surface area contributed by atoms with Gasteiger partial charge >= 0.3 is 25.0 Å². The molecule has 3 aromatic rings. The first kappa shape index (κ1) is 31.4. The number of fused-ring (bicyclic) bond motifs is 3. The Morgan fingerprint density at radius 3 is 2.59 bits per heavy atom. The Kier molecular flexibility index (Phi) is 13.0. The van der Waals surface area contributed by atoms with Crippen LogP contribution in [-0.4, -0.2) is 62.5 Å². The number of aromatic nitrogens is 1. The van der Waals surface area contributed by atoms with Gasteiger partial charge in [0.05, 0.1) is 13.2 Å². The monoisotopic (exact) mass is 547 g/mol. The van der Waals surface area contributed by atoms with Crippen molar-refractivity contribution in [3.05, 3.63) is 69.6 Å². The molecule has 1 unspecified atom stereocenters. The van der Waals surface area contributed by atoms with Crippen LogP contribution in [0.2, 0.25) is 5.02 Å². The molecule has 4 rings (SSSR count). The minimum Gasteiger partial charge on any atom is -0.662 e. The quantitative estimate of drug-likeness (QED) is 0.241. The number of hydrogen-bond donors (Lipinski definition) is 1. The topological polar surface area (TPSA) is 77.9 Å². The fraction of sp³-hybridized carbons (Fsp3) is 0.500. The maximum atomic E-state index is 12.9. The Morgan fingerprint density at radius 1 is 1.05 bits per heavy atom. The van der Waals surface area contributed by atoms with Crippen molar-refractivity contribution in [2.75, 3.05) is 46.6 Å². The van der Waals surface area contributed by atoms with Crippen LogP contribution in [0, 0.1) is 0 Å². The molecule has 39 heavy (non-hydrogen) atoms. The van der Waals surface area contributed by atoms with E-state index in [1.54, 1.807) is 7.11 Å². The third-order valence-electron chi connectivity index (χ3n) is 6.93. The number of unbranched alkanes of at least 4 members (excludes halogenated alkanes) is 3. The van der Waals surface area contributed by atoms with Gasteiger partial charge in [-0.1, -0.05) is 43.0 Å². The number of benzene rings is 2. The zero-order valence-electron chi connectivity index (χ0n) is 23.5. The summed E-state index contributed by atoms with van der Waals surface area (Å²) in [6, 6.07) is 13.7. The van der Waals surface area contributed by atoms with E-state index in [4.69, 9.17) is 25.8 Å². The van der Waals surface area contributed by atoms with Gasteiger partial charge in [0.2, 0.25) is 0 Å². The number of H-pyrrole nitrogens is 1. The van der Waals surface area contributed by atoms with Crippen molar-refractivity contribution >= 4 is 28.6 Å². The van der Waals surface area contributed by atoms with Crippen molar-refractivity contribution in [3.63, 3.8) is 0 Å². The molecule has 1 N–H and O–H groups in total. The Balaban J connectivity index is 0.00000420. The van der Waals surface area contributed by atoms with E-state index in [0.29, 0.717) is 24.8 Å². The van der Waals surface area contributed by atoms with Crippen molar-refractivity contribution < 1.29 is 37.9 Å². The van der Waals surface area contributed by atoms with E-state index in [-0.39, 0.29) is 31.0 Å². The van der Waals surface area contributed by atoms with E-state index in [0.717, 1.165) is 79.7 Å². The van der Waals surface area contributed by atoms with Gasteiger partial charge in [-0.05, 0) is 67.6 Å². The van der Waals surface area contributed by atoms with Gasteiger partial charge in [0.15, 0.2) is 0 Å². The first-order valence-electron chi connectivity index (χ1n) is 13.7. The first-order chi connectivity index (χ1) is 18.6. The summed E-state index contributed by atoms with van der Waals surface area (Å²) in [4.78, 5) is 18.3. The maximum Gasteiger partial charge on any atom is 1.00 e. The van der Waals surface area contributed by atoms with E-state index in [2.05, 4.69) is 10.3 Å². The zero-order valence-corrected chi connectivity index (χ0v) is 24.3. The second-order valence-electron chi connectivity index (χ2n) is 9.60. The summed E-state index contributed by atoms with van der Waals surface area (Å²) in [6.07, 6.45) is 5.89. The number of rotatable bonds is 14. The summed E-state index contributed by atoms with van der Waals surface area (Å²) >= 11 is 6.29. The van der Waals surface area contributed by atoms with E-state index < -0.39 is 0 Å². The van der Waals surface area contributed by atoms with Crippen molar-refractivity contribution in [2.45, 2.75) is 51.5 Å². The van der Waals surface area contributed by atoms with Gasteiger partial charge in [-0.2, -0.15) is 0 Å². The summed E-state index contributed by atoms with van der Waals surface area (Å²) in [6.45, 7) is 6.05. The van der Waals surface area contributed by atoms with Crippen LogP contribution in [0.5, 0.6) is 5.75 Å². The molecule has 0 saturated carbocycles. The van der Waals surface area contributed by atoms with Crippen LogP contribution in [0.3, 0.4) is 0 Å². The molecule has 206 valence electrons. The van der Waals surface area contributed by atoms with Crippen molar-refractivity contribution in [3.8, 4) is 5.75 Å². The summed E-state index contributed by atoms with van der Waals surface area (Å²) in [5.74, 6) is 0.837. The van der Waals surface area contributed by atoms with Crippen molar-refractivity contribution in [2.24, 2.45) is 0 Å². The molecule has 1 aliphatic heterocycles. The predicted octanol–water partition coefficient (Wildman–Crippen LogP) is 4.28. The number of halogens is 1. The molecule has 0 bridgehead atoms. The molecular weight excluding hydrogens is 509 g/mol.